The molecule has 1 aliphatic heterocycles. The molecule has 0 radical (unpaired) electrons. The van der Waals surface area contributed by atoms with Crippen LogP contribution in [0.1, 0.15) is 37.3 Å². The molecular weight excluding hydrogens is 324 g/mol. The van der Waals surface area contributed by atoms with Gasteiger partial charge in [-0.05, 0) is 45.1 Å². The molecule has 6 heteroatoms. The minimum absolute atomic E-state index is 0.0183. The van der Waals surface area contributed by atoms with E-state index in [1.807, 2.05) is 6.07 Å². The number of nitrogens with zero attached hydrogens (tertiary/aromatic N) is 1. The van der Waals surface area contributed by atoms with Crippen molar-refractivity contribution in [1.82, 2.24) is 9.62 Å². The van der Waals surface area contributed by atoms with Crippen molar-refractivity contribution in [2.45, 2.75) is 39.5 Å². The lowest BCUT2D eigenvalue weighted by molar-refractivity contribution is -0.126. The van der Waals surface area contributed by atoms with E-state index in [0.717, 1.165) is 25.7 Å². The number of aryl methyl sites for hydroxylation is 2. The van der Waals surface area contributed by atoms with Crippen LogP contribution in [0.15, 0.2) is 24.3 Å². The first-order chi connectivity index (χ1) is 11.4. The molecule has 24 heavy (non-hydrogen) atoms. The second kappa shape index (κ2) is 8.62. The molecule has 0 aliphatic carbocycles. The number of carbonyl (C=O) groups is 1. The first-order valence-corrected chi connectivity index (χ1v) is 10.3. The number of hydrogen-bond acceptors (Lipinski definition) is 3. The minimum atomic E-state index is -3.20. The zero-order valence-electron chi connectivity index (χ0n) is 14.6. The molecule has 1 N–H and O–H groups in total. The molecule has 1 aliphatic rings. The standard InChI is InChI=1S/C18H28N2O3S/c1-3-24(22,23)20-12-6-10-17(14-20)18(21)19-11-5-9-16-8-4-7-15(2)13-16/h4,7-8,13,17H,3,5-6,9-12,14H2,1-2H3,(H,19,21). The van der Waals surface area contributed by atoms with E-state index in [1.165, 1.54) is 15.4 Å². The van der Waals surface area contributed by atoms with E-state index in [4.69, 9.17) is 0 Å². The third-order valence-electron chi connectivity index (χ3n) is 4.54. The lowest BCUT2D eigenvalue weighted by Crippen LogP contribution is -2.46. The van der Waals surface area contributed by atoms with Gasteiger partial charge in [0.05, 0.1) is 11.7 Å². The van der Waals surface area contributed by atoms with Crippen molar-refractivity contribution < 1.29 is 13.2 Å². The molecule has 0 aromatic heterocycles. The Morgan fingerprint density at radius 3 is 2.88 bits per heavy atom. The SMILES string of the molecule is CCS(=O)(=O)N1CCCC(C(=O)NCCCc2cccc(C)c2)C1. The molecule has 0 bridgehead atoms. The smallest absolute Gasteiger partial charge is 0.224 e. The molecule has 2 rings (SSSR count). The van der Waals surface area contributed by atoms with E-state index in [9.17, 15) is 13.2 Å². The number of rotatable bonds is 7. The first kappa shape index (κ1) is 18.9. The number of hydrogen-bond donors (Lipinski definition) is 1. The molecule has 1 aromatic rings. The minimum Gasteiger partial charge on any atom is -0.356 e. The molecule has 1 saturated heterocycles. The number of nitrogens with one attached hydrogen (secondary N) is 1. The Morgan fingerprint density at radius 2 is 2.17 bits per heavy atom. The maximum absolute atomic E-state index is 12.3. The van der Waals surface area contributed by atoms with E-state index in [0.29, 0.717) is 19.6 Å². The number of benzene rings is 1. The predicted molar refractivity (Wildman–Crippen MR) is 96.3 cm³/mol. The van der Waals surface area contributed by atoms with Crippen LogP contribution in [0.4, 0.5) is 0 Å². The fraction of sp³-hybridized carbons (Fsp3) is 0.611. The van der Waals surface area contributed by atoms with Gasteiger partial charge in [0.1, 0.15) is 0 Å². The Labute approximate surface area is 145 Å². The molecule has 1 fully saturated rings. The third kappa shape index (κ3) is 5.31. The molecule has 0 spiro atoms. The Balaban J connectivity index is 1.76. The normalized spacial score (nSPS) is 19.2. The second-order valence-corrected chi connectivity index (χ2v) is 8.74. The fourth-order valence-corrected chi connectivity index (χ4v) is 4.29. The molecule has 1 aromatic carbocycles. The molecule has 1 atom stereocenters. The van der Waals surface area contributed by atoms with Gasteiger partial charge in [0.2, 0.25) is 15.9 Å². The van der Waals surface area contributed by atoms with Gasteiger partial charge in [-0.25, -0.2) is 12.7 Å². The molecule has 1 unspecified atom stereocenters. The van der Waals surface area contributed by atoms with Crippen molar-refractivity contribution in [2.24, 2.45) is 5.92 Å². The summed E-state index contributed by atoms with van der Waals surface area (Å²) in [4.78, 5) is 12.3. The van der Waals surface area contributed by atoms with Gasteiger partial charge in [0.25, 0.3) is 0 Å². The van der Waals surface area contributed by atoms with E-state index in [1.54, 1.807) is 6.92 Å². The lowest BCUT2D eigenvalue weighted by Gasteiger charge is -2.30. The zero-order valence-corrected chi connectivity index (χ0v) is 15.4. The van der Waals surface area contributed by atoms with E-state index >= 15 is 0 Å². The average molecular weight is 353 g/mol. The van der Waals surface area contributed by atoms with Crippen LogP contribution >= 0.6 is 0 Å². The Kier molecular flexibility index (Phi) is 6.80. The Bertz CT molecular complexity index is 658. The maximum atomic E-state index is 12.3. The highest BCUT2D eigenvalue weighted by Crippen LogP contribution is 2.19. The summed E-state index contributed by atoms with van der Waals surface area (Å²) in [6.07, 6.45) is 3.34. The Hall–Kier alpha value is -1.40. The largest absolute Gasteiger partial charge is 0.356 e. The highest BCUT2D eigenvalue weighted by molar-refractivity contribution is 7.89. The van der Waals surface area contributed by atoms with Crippen molar-refractivity contribution in [3.63, 3.8) is 0 Å². The predicted octanol–water partition coefficient (Wildman–Crippen LogP) is 2.11. The fourth-order valence-electron chi connectivity index (χ4n) is 3.11. The van der Waals surface area contributed by atoms with E-state index in [-0.39, 0.29) is 17.6 Å². The number of sulfonamides is 1. The molecule has 5 nitrogen and oxygen atoms in total. The van der Waals surface area contributed by atoms with Crippen molar-refractivity contribution in [1.29, 1.82) is 0 Å². The van der Waals surface area contributed by atoms with Crippen molar-refractivity contribution in [3.8, 4) is 0 Å². The summed E-state index contributed by atoms with van der Waals surface area (Å²) >= 11 is 0. The van der Waals surface area contributed by atoms with Gasteiger partial charge >= 0.3 is 0 Å². The van der Waals surface area contributed by atoms with Crippen LogP contribution in [0.5, 0.6) is 0 Å². The zero-order chi connectivity index (χ0) is 17.6. The van der Waals surface area contributed by atoms with Crippen molar-refractivity contribution in [3.05, 3.63) is 35.4 Å². The molecule has 134 valence electrons. The summed E-state index contributed by atoms with van der Waals surface area (Å²) in [6, 6.07) is 8.39. The van der Waals surface area contributed by atoms with Gasteiger partial charge in [-0.2, -0.15) is 0 Å². The van der Waals surface area contributed by atoms with Gasteiger partial charge in [-0.3, -0.25) is 4.79 Å². The highest BCUT2D eigenvalue weighted by atomic mass is 32.2. The van der Waals surface area contributed by atoms with Crippen LogP contribution in [0.3, 0.4) is 0 Å². The van der Waals surface area contributed by atoms with E-state index < -0.39 is 10.0 Å². The van der Waals surface area contributed by atoms with Crippen LogP contribution in [0.2, 0.25) is 0 Å². The van der Waals surface area contributed by atoms with E-state index in [2.05, 4.69) is 30.4 Å². The summed E-state index contributed by atoms with van der Waals surface area (Å²) in [5, 5.41) is 2.97. The van der Waals surface area contributed by atoms with Crippen LogP contribution in [-0.2, 0) is 21.2 Å². The first-order valence-electron chi connectivity index (χ1n) is 8.73. The highest BCUT2D eigenvalue weighted by Gasteiger charge is 2.31. The second-order valence-electron chi connectivity index (χ2n) is 6.48. The van der Waals surface area contributed by atoms with Gasteiger partial charge < -0.3 is 5.32 Å². The lowest BCUT2D eigenvalue weighted by atomic mass is 9.98. The quantitative estimate of drug-likeness (QED) is 0.764. The monoisotopic (exact) mass is 352 g/mol. The Morgan fingerprint density at radius 1 is 1.38 bits per heavy atom. The van der Waals surface area contributed by atoms with Crippen molar-refractivity contribution >= 4 is 15.9 Å². The molecule has 1 heterocycles. The van der Waals surface area contributed by atoms with Gasteiger partial charge in [0.15, 0.2) is 0 Å². The summed E-state index contributed by atoms with van der Waals surface area (Å²) in [7, 11) is -3.20. The summed E-state index contributed by atoms with van der Waals surface area (Å²) < 4.78 is 25.4. The van der Waals surface area contributed by atoms with Gasteiger partial charge in [0, 0.05) is 19.6 Å². The topological polar surface area (TPSA) is 66.5 Å². The van der Waals surface area contributed by atoms with Crippen LogP contribution < -0.4 is 5.32 Å². The maximum Gasteiger partial charge on any atom is 0.224 e. The summed E-state index contributed by atoms with van der Waals surface area (Å²) in [5.74, 6) is -0.146. The molecular formula is C18H28N2O3S. The summed E-state index contributed by atoms with van der Waals surface area (Å²) in [5.41, 5.74) is 2.53. The summed E-state index contributed by atoms with van der Waals surface area (Å²) in [6.45, 7) is 5.20. The number of carbonyl (C=O) groups excluding carboxylic acids is 1. The average Bonchev–Trinajstić information content (AvgIpc) is 2.58. The van der Waals surface area contributed by atoms with Crippen LogP contribution in [0.25, 0.3) is 0 Å². The number of amides is 1. The third-order valence-corrected chi connectivity index (χ3v) is 6.39. The number of piperidine rings is 1. The molecule has 1 amide bonds. The van der Waals surface area contributed by atoms with Gasteiger partial charge in [-0.1, -0.05) is 29.8 Å². The van der Waals surface area contributed by atoms with Crippen LogP contribution in [-0.4, -0.2) is 44.0 Å². The molecule has 0 saturated carbocycles. The van der Waals surface area contributed by atoms with Gasteiger partial charge in [-0.15, -0.1) is 0 Å². The van der Waals surface area contributed by atoms with Crippen molar-refractivity contribution in [2.75, 3.05) is 25.4 Å². The van der Waals surface area contributed by atoms with Crippen LogP contribution in [0, 0.1) is 12.8 Å².